The van der Waals surface area contributed by atoms with Crippen LogP contribution in [0.15, 0.2) is 30.9 Å². The largest absolute Gasteiger partial charge is 0.388 e. The highest BCUT2D eigenvalue weighted by molar-refractivity contribution is 5.25. The van der Waals surface area contributed by atoms with E-state index in [1.165, 1.54) is 0 Å². The van der Waals surface area contributed by atoms with Crippen molar-refractivity contribution in [3.63, 3.8) is 0 Å². The number of pyridine rings is 1. The summed E-state index contributed by atoms with van der Waals surface area (Å²) in [6.07, 6.45) is 9.42. The molecule has 18 heavy (non-hydrogen) atoms. The molecule has 2 aromatic heterocycles. The molecule has 0 fully saturated rings. The molecule has 0 aliphatic heterocycles. The van der Waals surface area contributed by atoms with Gasteiger partial charge in [0, 0.05) is 25.6 Å². The molecule has 0 radical (unpaired) electrons. The maximum Gasteiger partial charge on any atom is 0.0797 e. The van der Waals surface area contributed by atoms with E-state index in [1.807, 2.05) is 31.7 Å². The second-order valence-corrected chi connectivity index (χ2v) is 4.50. The molecule has 0 aliphatic carbocycles. The van der Waals surface area contributed by atoms with Gasteiger partial charge in [0.05, 0.1) is 12.3 Å². The normalized spacial score (nSPS) is 12.6. The summed E-state index contributed by atoms with van der Waals surface area (Å²) in [6, 6.07) is 1.91. The van der Waals surface area contributed by atoms with Crippen LogP contribution >= 0.6 is 0 Å². The van der Waals surface area contributed by atoms with Gasteiger partial charge in [-0.3, -0.25) is 9.67 Å². The molecule has 1 unspecified atom stereocenters. The van der Waals surface area contributed by atoms with E-state index in [0.29, 0.717) is 6.42 Å². The van der Waals surface area contributed by atoms with Gasteiger partial charge in [0.15, 0.2) is 0 Å². The van der Waals surface area contributed by atoms with Crippen LogP contribution in [0.5, 0.6) is 0 Å². The number of rotatable bonds is 5. The minimum Gasteiger partial charge on any atom is -0.388 e. The van der Waals surface area contributed by atoms with Gasteiger partial charge in [-0.2, -0.15) is 5.10 Å². The van der Waals surface area contributed by atoms with E-state index < -0.39 is 6.10 Å². The Morgan fingerprint density at radius 3 is 2.89 bits per heavy atom. The second-order valence-electron chi connectivity index (χ2n) is 4.50. The minimum atomic E-state index is -0.428. The Labute approximate surface area is 107 Å². The van der Waals surface area contributed by atoms with Gasteiger partial charge in [-0.25, -0.2) is 0 Å². The van der Waals surface area contributed by atoms with Gasteiger partial charge >= 0.3 is 0 Å². The van der Waals surface area contributed by atoms with Crippen LogP contribution in [0.25, 0.3) is 0 Å². The van der Waals surface area contributed by atoms with Crippen molar-refractivity contribution in [3.05, 3.63) is 47.5 Å². The Balaban J connectivity index is 2.01. The van der Waals surface area contributed by atoms with Crippen LogP contribution in [0.1, 0.15) is 36.1 Å². The zero-order valence-electron chi connectivity index (χ0n) is 10.9. The van der Waals surface area contributed by atoms with Gasteiger partial charge in [0.2, 0.25) is 0 Å². The lowest BCUT2D eigenvalue weighted by Crippen LogP contribution is -2.03. The number of aryl methyl sites for hydroxylation is 3. The summed E-state index contributed by atoms with van der Waals surface area (Å²) < 4.78 is 1.78. The number of hydrogen-bond acceptors (Lipinski definition) is 3. The number of nitrogens with zero attached hydrogens (tertiary/aromatic N) is 3. The first-order chi connectivity index (χ1) is 8.70. The SMILES string of the molecule is CCc1cnccc1C(O)CCc1cnn(C)c1. The third-order valence-corrected chi connectivity index (χ3v) is 3.15. The molecular weight excluding hydrogens is 226 g/mol. The molecule has 0 bridgehead atoms. The molecule has 2 rings (SSSR count). The Morgan fingerprint density at radius 1 is 1.39 bits per heavy atom. The van der Waals surface area contributed by atoms with E-state index in [-0.39, 0.29) is 0 Å². The Hall–Kier alpha value is -1.68. The van der Waals surface area contributed by atoms with E-state index in [2.05, 4.69) is 17.0 Å². The lowest BCUT2D eigenvalue weighted by atomic mass is 9.98. The number of hydrogen-bond donors (Lipinski definition) is 1. The van der Waals surface area contributed by atoms with Crippen molar-refractivity contribution in [2.75, 3.05) is 0 Å². The van der Waals surface area contributed by atoms with Crippen LogP contribution in [0.3, 0.4) is 0 Å². The van der Waals surface area contributed by atoms with Gasteiger partial charge in [-0.15, -0.1) is 0 Å². The van der Waals surface area contributed by atoms with Crippen LogP contribution < -0.4 is 0 Å². The highest BCUT2D eigenvalue weighted by Crippen LogP contribution is 2.22. The average Bonchev–Trinajstić information content (AvgIpc) is 2.81. The summed E-state index contributed by atoms with van der Waals surface area (Å²) in [7, 11) is 1.90. The number of aliphatic hydroxyl groups is 1. The predicted octanol–water partition coefficient (Wildman–Crippen LogP) is 2.04. The molecule has 0 amide bonds. The maximum atomic E-state index is 10.2. The van der Waals surface area contributed by atoms with Gasteiger partial charge in [0.25, 0.3) is 0 Å². The summed E-state index contributed by atoms with van der Waals surface area (Å²) >= 11 is 0. The smallest absolute Gasteiger partial charge is 0.0797 e. The molecule has 0 saturated carbocycles. The first kappa shape index (κ1) is 12.8. The van der Waals surface area contributed by atoms with Crippen molar-refractivity contribution in [1.82, 2.24) is 14.8 Å². The molecule has 96 valence electrons. The fourth-order valence-electron chi connectivity index (χ4n) is 2.12. The third-order valence-electron chi connectivity index (χ3n) is 3.15. The summed E-state index contributed by atoms with van der Waals surface area (Å²) in [5.41, 5.74) is 3.27. The summed E-state index contributed by atoms with van der Waals surface area (Å²) in [4.78, 5) is 4.10. The first-order valence-electron chi connectivity index (χ1n) is 6.29. The zero-order chi connectivity index (χ0) is 13.0. The van der Waals surface area contributed by atoms with E-state index in [9.17, 15) is 5.11 Å². The van der Waals surface area contributed by atoms with Crippen LogP contribution in [-0.4, -0.2) is 19.9 Å². The third kappa shape index (κ3) is 2.96. The maximum absolute atomic E-state index is 10.2. The molecule has 0 aromatic carbocycles. The molecule has 0 spiro atoms. The molecule has 1 N–H and O–H groups in total. The number of aliphatic hydroxyl groups excluding tert-OH is 1. The summed E-state index contributed by atoms with van der Waals surface area (Å²) in [5, 5.41) is 14.4. The Kier molecular flexibility index (Phi) is 4.10. The second kappa shape index (κ2) is 5.78. The van der Waals surface area contributed by atoms with Gasteiger partial charge in [-0.05, 0) is 42.0 Å². The first-order valence-corrected chi connectivity index (χ1v) is 6.29. The zero-order valence-corrected chi connectivity index (χ0v) is 10.9. The molecule has 2 aromatic rings. The van der Waals surface area contributed by atoms with Crippen molar-refractivity contribution in [2.24, 2.45) is 7.05 Å². The van der Waals surface area contributed by atoms with E-state index in [1.54, 1.807) is 10.9 Å². The minimum absolute atomic E-state index is 0.428. The van der Waals surface area contributed by atoms with E-state index >= 15 is 0 Å². The quantitative estimate of drug-likeness (QED) is 0.877. The van der Waals surface area contributed by atoms with Crippen molar-refractivity contribution in [2.45, 2.75) is 32.3 Å². The standard InChI is InChI=1S/C14H19N3O/c1-3-12-9-15-7-6-13(12)14(18)5-4-11-8-16-17(2)10-11/h6-10,14,18H,3-5H2,1-2H3. The summed E-state index contributed by atoms with van der Waals surface area (Å²) in [6.45, 7) is 2.08. The molecule has 2 heterocycles. The summed E-state index contributed by atoms with van der Waals surface area (Å²) in [5.74, 6) is 0. The van der Waals surface area contributed by atoms with Crippen molar-refractivity contribution < 1.29 is 5.11 Å². The number of aromatic nitrogens is 3. The van der Waals surface area contributed by atoms with Crippen molar-refractivity contribution in [1.29, 1.82) is 0 Å². The van der Waals surface area contributed by atoms with E-state index in [0.717, 1.165) is 29.5 Å². The van der Waals surface area contributed by atoms with Crippen molar-refractivity contribution in [3.8, 4) is 0 Å². The fourth-order valence-corrected chi connectivity index (χ4v) is 2.12. The topological polar surface area (TPSA) is 50.9 Å². The predicted molar refractivity (Wildman–Crippen MR) is 70.1 cm³/mol. The molecule has 4 heteroatoms. The van der Waals surface area contributed by atoms with Crippen LogP contribution in [0.2, 0.25) is 0 Å². The highest BCUT2D eigenvalue weighted by Gasteiger charge is 2.11. The van der Waals surface area contributed by atoms with Crippen molar-refractivity contribution >= 4 is 0 Å². The Bertz CT molecular complexity index is 507. The molecule has 0 aliphatic rings. The Morgan fingerprint density at radius 2 is 2.22 bits per heavy atom. The van der Waals surface area contributed by atoms with Gasteiger partial charge < -0.3 is 5.11 Å². The van der Waals surface area contributed by atoms with Crippen LogP contribution in [0, 0.1) is 0 Å². The molecule has 1 atom stereocenters. The average molecular weight is 245 g/mol. The van der Waals surface area contributed by atoms with Gasteiger partial charge in [-0.1, -0.05) is 6.92 Å². The molecule has 0 saturated heterocycles. The van der Waals surface area contributed by atoms with Crippen LogP contribution in [-0.2, 0) is 19.9 Å². The van der Waals surface area contributed by atoms with E-state index in [4.69, 9.17) is 0 Å². The molecule has 4 nitrogen and oxygen atoms in total. The lowest BCUT2D eigenvalue weighted by Gasteiger charge is -2.13. The lowest BCUT2D eigenvalue weighted by molar-refractivity contribution is 0.166. The highest BCUT2D eigenvalue weighted by atomic mass is 16.3. The monoisotopic (exact) mass is 245 g/mol. The van der Waals surface area contributed by atoms with Gasteiger partial charge in [0.1, 0.15) is 0 Å². The van der Waals surface area contributed by atoms with Crippen LogP contribution in [0.4, 0.5) is 0 Å². The fraction of sp³-hybridized carbons (Fsp3) is 0.429. The molecular formula is C14H19N3O.